The van der Waals surface area contributed by atoms with Crippen LogP contribution in [0.2, 0.25) is 0 Å². The molecule has 184 valence electrons. The third kappa shape index (κ3) is 5.58. The van der Waals surface area contributed by atoms with Gasteiger partial charge in [-0.1, -0.05) is 58.4 Å². The van der Waals surface area contributed by atoms with Crippen molar-refractivity contribution in [1.82, 2.24) is 9.99 Å². The lowest BCUT2D eigenvalue weighted by Crippen LogP contribution is -2.39. The van der Waals surface area contributed by atoms with Crippen LogP contribution in [0.25, 0.3) is 5.69 Å². The number of carbonyl (C=O) groups is 1. The second kappa shape index (κ2) is 10.9. The summed E-state index contributed by atoms with van der Waals surface area (Å²) >= 11 is 3.50. The van der Waals surface area contributed by atoms with Gasteiger partial charge >= 0.3 is 0 Å². The highest BCUT2D eigenvalue weighted by Gasteiger charge is 2.26. The van der Waals surface area contributed by atoms with E-state index in [0.29, 0.717) is 5.69 Å². The van der Waals surface area contributed by atoms with Crippen molar-refractivity contribution in [3.63, 3.8) is 0 Å². The first-order valence-corrected chi connectivity index (χ1v) is 13.4. The van der Waals surface area contributed by atoms with E-state index in [-0.39, 0.29) is 4.90 Å². The van der Waals surface area contributed by atoms with Gasteiger partial charge < -0.3 is 4.57 Å². The van der Waals surface area contributed by atoms with Crippen LogP contribution in [0, 0.1) is 13.8 Å². The molecule has 7 nitrogen and oxygen atoms in total. The van der Waals surface area contributed by atoms with Crippen molar-refractivity contribution in [1.29, 1.82) is 0 Å². The van der Waals surface area contributed by atoms with Crippen LogP contribution in [0.1, 0.15) is 17.0 Å². The molecular formula is C27H25BrN4O3S. The topological polar surface area (TPSA) is 83.8 Å². The summed E-state index contributed by atoms with van der Waals surface area (Å²) in [5.41, 5.74) is 6.67. The number of anilines is 1. The van der Waals surface area contributed by atoms with Gasteiger partial charge in [-0.15, -0.1) is 0 Å². The summed E-state index contributed by atoms with van der Waals surface area (Å²) in [5.74, 6) is -0.560. The van der Waals surface area contributed by atoms with E-state index in [1.54, 1.807) is 54.7 Å². The number of sulfonamides is 1. The molecule has 3 aromatic carbocycles. The van der Waals surface area contributed by atoms with Crippen LogP contribution in [0.5, 0.6) is 0 Å². The van der Waals surface area contributed by atoms with E-state index in [1.807, 2.05) is 44.2 Å². The van der Waals surface area contributed by atoms with E-state index in [4.69, 9.17) is 0 Å². The Labute approximate surface area is 219 Å². The molecule has 1 aromatic heterocycles. The van der Waals surface area contributed by atoms with Crippen LogP contribution < -0.4 is 9.73 Å². The Bertz CT molecular complexity index is 1500. The lowest BCUT2D eigenvalue weighted by molar-refractivity contribution is -0.119. The molecule has 4 rings (SSSR count). The average molecular weight is 565 g/mol. The van der Waals surface area contributed by atoms with E-state index >= 15 is 0 Å². The van der Waals surface area contributed by atoms with Crippen molar-refractivity contribution < 1.29 is 13.2 Å². The Hall–Kier alpha value is -3.69. The Balaban J connectivity index is 1.53. The molecule has 0 bridgehead atoms. The highest BCUT2D eigenvalue weighted by atomic mass is 79.9. The number of amides is 1. The van der Waals surface area contributed by atoms with Crippen molar-refractivity contribution in [2.24, 2.45) is 5.10 Å². The number of benzene rings is 3. The molecule has 0 saturated carbocycles. The summed E-state index contributed by atoms with van der Waals surface area (Å²) in [4.78, 5) is 12.9. The molecule has 0 saturated heterocycles. The minimum atomic E-state index is -3.96. The molecule has 0 aliphatic rings. The quantitative estimate of drug-likeness (QED) is 0.236. The highest BCUT2D eigenvalue weighted by molar-refractivity contribution is 9.10. The zero-order valence-corrected chi connectivity index (χ0v) is 22.2. The number of nitrogens with zero attached hydrogens (tertiary/aromatic N) is 3. The molecule has 1 N–H and O–H groups in total. The van der Waals surface area contributed by atoms with Crippen molar-refractivity contribution in [3.8, 4) is 5.69 Å². The number of hydrogen-bond acceptors (Lipinski definition) is 4. The smallest absolute Gasteiger partial charge is 0.264 e. The molecule has 0 spiro atoms. The maximum Gasteiger partial charge on any atom is 0.264 e. The zero-order chi connectivity index (χ0) is 25.7. The minimum Gasteiger partial charge on any atom is -0.318 e. The fraction of sp³-hybridized carbons (Fsp3) is 0.111. The van der Waals surface area contributed by atoms with E-state index in [2.05, 4.69) is 31.0 Å². The normalized spacial score (nSPS) is 11.5. The predicted octanol–water partition coefficient (Wildman–Crippen LogP) is 5.20. The number of para-hydroxylation sites is 1. The second-order valence-corrected chi connectivity index (χ2v) is 10.9. The molecule has 4 aromatic rings. The van der Waals surface area contributed by atoms with E-state index < -0.39 is 22.5 Å². The van der Waals surface area contributed by atoms with Gasteiger partial charge in [-0.05, 0) is 62.4 Å². The summed E-state index contributed by atoms with van der Waals surface area (Å²) < 4.78 is 30.8. The molecule has 9 heteroatoms. The lowest BCUT2D eigenvalue weighted by atomic mass is 10.2. The van der Waals surface area contributed by atoms with Gasteiger partial charge in [-0.3, -0.25) is 9.10 Å². The summed E-state index contributed by atoms with van der Waals surface area (Å²) in [7, 11) is -3.96. The van der Waals surface area contributed by atoms with E-state index in [9.17, 15) is 13.2 Å². The third-order valence-electron chi connectivity index (χ3n) is 5.59. The summed E-state index contributed by atoms with van der Waals surface area (Å²) in [6.07, 6.45) is 1.56. The van der Waals surface area contributed by atoms with Gasteiger partial charge in [0.05, 0.1) is 16.8 Å². The number of nitrogens with one attached hydrogen (secondary N) is 1. The van der Waals surface area contributed by atoms with E-state index in [0.717, 1.165) is 31.4 Å². The summed E-state index contributed by atoms with van der Waals surface area (Å²) in [6.45, 7) is 3.55. The van der Waals surface area contributed by atoms with Gasteiger partial charge in [-0.25, -0.2) is 13.8 Å². The van der Waals surface area contributed by atoms with Gasteiger partial charge in [0.2, 0.25) is 0 Å². The average Bonchev–Trinajstić information content (AvgIpc) is 3.16. The van der Waals surface area contributed by atoms with Gasteiger partial charge in [0.25, 0.3) is 15.9 Å². The Kier molecular flexibility index (Phi) is 7.71. The lowest BCUT2D eigenvalue weighted by Gasteiger charge is -2.23. The van der Waals surface area contributed by atoms with Crippen LogP contribution in [0.15, 0.2) is 105 Å². The number of aryl methyl sites for hydroxylation is 1. The molecular weight excluding hydrogens is 540 g/mol. The molecule has 1 heterocycles. The minimum absolute atomic E-state index is 0.102. The molecule has 0 atom stereocenters. The number of hydrazone groups is 1. The first-order valence-electron chi connectivity index (χ1n) is 11.2. The molecule has 0 fully saturated rings. The number of aromatic nitrogens is 1. The Morgan fingerprint density at radius 3 is 2.31 bits per heavy atom. The van der Waals surface area contributed by atoms with Gasteiger partial charge in [0.15, 0.2) is 0 Å². The van der Waals surface area contributed by atoms with Crippen molar-refractivity contribution in [2.45, 2.75) is 18.7 Å². The largest absolute Gasteiger partial charge is 0.318 e. The molecule has 0 radical (unpaired) electrons. The SMILES string of the molecule is Cc1cc(/C=N\NC(=O)CN(c2ccccc2)S(=O)(=O)c2ccccc2)c(C)n1-c1cccc(Br)c1. The fourth-order valence-corrected chi connectivity index (χ4v) is 5.73. The van der Waals surface area contributed by atoms with Crippen LogP contribution >= 0.6 is 15.9 Å². The summed E-state index contributed by atoms with van der Waals surface area (Å²) in [6, 6.07) is 26.5. The second-order valence-electron chi connectivity index (χ2n) is 8.10. The standard InChI is InChI=1S/C27H25BrN4O3S/c1-20-16-22(21(2)32(20)25-13-9-10-23(28)17-25)18-29-30-27(33)19-31(24-11-5-3-6-12-24)36(34,35)26-14-7-4-8-15-26/h3-18H,19H2,1-2H3,(H,30,33)/b29-18-. The maximum absolute atomic E-state index is 13.3. The molecule has 0 unspecified atom stereocenters. The van der Waals surface area contributed by atoms with Crippen LogP contribution in [-0.2, 0) is 14.8 Å². The van der Waals surface area contributed by atoms with Gasteiger partial charge in [0, 0.05) is 27.1 Å². The predicted molar refractivity (Wildman–Crippen MR) is 146 cm³/mol. The highest BCUT2D eigenvalue weighted by Crippen LogP contribution is 2.24. The number of rotatable bonds is 8. The number of carbonyl (C=O) groups excluding carboxylic acids is 1. The molecule has 0 aliphatic heterocycles. The maximum atomic E-state index is 13.3. The van der Waals surface area contributed by atoms with Gasteiger partial charge in [0.1, 0.15) is 6.54 Å². The molecule has 1 amide bonds. The first-order chi connectivity index (χ1) is 17.3. The molecule has 36 heavy (non-hydrogen) atoms. The third-order valence-corrected chi connectivity index (χ3v) is 7.87. The van der Waals surface area contributed by atoms with Crippen LogP contribution in [-0.4, -0.2) is 31.7 Å². The Morgan fingerprint density at radius 2 is 1.64 bits per heavy atom. The van der Waals surface area contributed by atoms with Crippen molar-refractivity contribution >= 4 is 43.8 Å². The number of hydrogen-bond donors (Lipinski definition) is 1. The monoisotopic (exact) mass is 564 g/mol. The van der Waals surface area contributed by atoms with Gasteiger partial charge in [-0.2, -0.15) is 5.10 Å². The van der Waals surface area contributed by atoms with E-state index in [1.165, 1.54) is 12.1 Å². The van der Waals surface area contributed by atoms with Crippen LogP contribution in [0.4, 0.5) is 5.69 Å². The van der Waals surface area contributed by atoms with Crippen molar-refractivity contribution in [3.05, 3.63) is 112 Å². The zero-order valence-electron chi connectivity index (χ0n) is 19.8. The fourth-order valence-electron chi connectivity index (χ4n) is 3.90. The van der Waals surface area contributed by atoms with Crippen LogP contribution in [0.3, 0.4) is 0 Å². The van der Waals surface area contributed by atoms with Crippen molar-refractivity contribution in [2.75, 3.05) is 10.8 Å². The summed E-state index contributed by atoms with van der Waals surface area (Å²) in [5, 5.41) is 4.10. The first kappa shape index (κ1) is 25.4. The molecule has 0 aliphatic carbocycles. The number of halogens is 1. The Morgan fingerprint density at radius 1 is 0.972 bits per heavy atom.